The molecule has 6 nitrogen and oxygen atoms in total. The normalized spacial score (nSPS) is 10.7. The van der Waals surface area contributed by atoms with Gasteiger partial charge in [0.05, 0.1) is 22.5 Å². The topological polar surface area (TPSA) is 83.8 Å². The van der Waals surface area contributed by atoms with Crippen LogP contribution in [0.15, 0.2) is 42.5 Å². The standard InChI is InChI=1S/C15H14N4O2/c1-10-5-4-7-12-15(10)18-14(17-12)9-16-11-6-2-3-8-13(11)19(20)21/h2-8,16H,9H2,1H3,(H,17,18). The molecule has 3 rings (SSSR count). The van der Waals surface area contributed by atoms with Gasteiger partial charge in [0, 0.05) is 6.07 Å². The molecule has 0 radical (unpaired) electrons. The van der Waals surface area contributed by atoms with Gasteiger partial charge in [0.25, 0.3) is 5.69 Å². The molecule has 0 fully saturated rings. The molecular weight excluding hydrogens is 268 g/mol. The number of fused-ring (bicyclic) bond motifs is 1. The summed E-state index contributed by atoms with van der Waals surface area (Å²) in [6, 6.07) is 12.5. The van der Waals surface area contributed by atoms with Crippen LogP contribution in [0.4, 0.5) is 11.4 Å². The molecular formula is C15H14N4O2. The van der Waals surface area contributed by atoms with E-state index in [1.165, 1.54) is 6.07 Å². The lowest BCUT2D eigenvalue weighted by Crippen LogP contribution is -2.03. The lowest BCUT2D eigenvalue weighted by Gasteiger charge is -2.04. The maximum Gasteiger partial charge on any atom is 0.292 e. The lowest BCUT2D eigenvalue weighted by molar-refractivity contribution is -0.384. The molecule has 0 unspecified atom stereocenters. The first-order valence-corrected chi connectivity index (χ1v) is 6.56. The number of benzene rings is 2. The van der Waals surface area contributed by atoms with Crippen molar-refractivity contribution >= 4 is 22.4 Å². The Morgan fingerprint density at radius 3 is 2.81 bits per heavy atom. The van der Waals surface area contributed by atoms with Crippen LogP contribution in [-0.2, 0) is 6.54 Å². The molecule has 2 aromatic carbocycles. The summed E-state index contributed by atoms with van der Waals surface area (Å²) in [6.45, 7) is 2.40. The molecule has 21 heavy (non-hydrogen) atoms. The molecule has 0 spiro atoms. The van der Waals surface area contributed by atoms with Gasteiger partial charge in [-0.3, -0.25) is 10.1 Å². The molecule has 0 bridgehead atoms. The van der Waals surface area contributed by atoms with Crippen LogP contribution in [-0.4, -0.2) is 14.9 Å². The van der Waals surface area contributed by atoms with E-state index in [1.807, 2.05) is 25.1 Å². The molecule has 0 aliphatic heterocycles. The van der Waals surface area contributed by atoms with Crippen molar-refractivity contribution in [1.82, 2.24) is 9.97 Å². The van der Waals surface area contributed by atoms with Gasteiger partial charge < -0.3 is 10.3 Å². The Bertz CT molecular complexity index is 810. The van der Waals surface area contributed by atoms with Gasteiger partial charge in [0.15, 0.2) is 0 Å². The van der Waals surface area contributed by atoms with Crippen molar-refractivity contribution < 1.29 is 4.92 Å². The van der Waals surface area contributed by atoms with Gasteiger partial charge in [-0.15, -0.1) is 0 Å². The number of hydrogen-bond donors (Lipinski definition) is 2. The number of anilines is 1. The fourth-order valence-corrected chi connectivity index (χ4v) is 2.27. The number of hydrogen-bond acceptors (Lipinski definition) is 4. The van der Waals surface area contributed by atoms with E-state index in [2.05, 4.69) is 15.3 Å². The van der Waals surface area contributed by atoms with E-state index >= 15 is 0 Å². The molecule has 0 amide bonds. The minimum absolute atomic E-state index is 0.0600. The van der Waals surface area contributed by atoms with Crippen molar-refractivity contribution in [2.24, 2.45) is 0 Å². The lowest BCUT2D eigenvalue weighted by atomic mass is 10.2. The van der Waals surface area contributed by atoms with Gasteiger partial charge in [-0.2, -0.15) is 0 Å². The van der Waals surface area contributed by atoms with Crippen molar-refractivity contribution in [2.75, 3.05) is 5.32 Å². The quantitative estimate of drug-likeness (QED) is 0.567. The highest BCUT2D eigenvalue weighted by molar-refractivity contribution is 5.78. The molecule has 6 heteroatoms. The largest absolute Gasteiger partial charge is 0.372 e. The molecule has 3 aromatic rings. The third-order valence-corrected chi connectivity index (χ3v) is 3.31. The maximum absolute atomic E-state index is 11.0. The van der Waals surface area contributed by atoms with Gasteiger partial charge in [-0.1, -0.05) is 24.3 Å². The van der Waals surface area contributed by atoms with Gasteiger partial charge in [0.2, 0.25) is 0 Å². The second-order valence-corrected chi connectivity index (χ2v) is 4.78. The Morgan fingerprint density at radius 1 is 1.24 bits per heavy atom. The first-order valence-electron chi connectivity index (χ1n) is 6.56. The van der Waals surface area contributed by atoms with E-state index in [1.54, 1.807) is 18.2 Å². The molecule has 106 valence electrons. The molecule has 0 aliphatic carbocycles. The van der Waals surface area contributed by atoms with Crippen LogP contribution in [0.25, 0.3) is 11.0 Å². The van der Waals surface area contributed by atoms with Crippen molar-refractivity contribution in [3.63, 3.8) is 0 Å². The first-order chi connectivity index (χ1) is 10.1. The van der Waals surface area contributed by atoms with Crippen LogP contribution in [0.3, 0.4) is 0 Å². The SMILES string of the molecule is Cc1cccc2[nH]c(CNc3ccccc3[N+](=O)[O-])nc12. The average Bonchev–Trinajstić information content (AvgIpc) is 2.90. The second-order valence-electron chi connectivity index (χ2n) is 4.78. The Hall–Kier alpha value is -2.89. The summed E-state index contributed by atoms with van der Waals surface area (Å²) in [7, 11) is 0. The molecule has 0 saturated carbocycles. The average molecular weight is 282 g/mol. The number of nitrogens with zero attached hydrogens (tertiary/aromatic N) is 2. The van der Waals surface area contributed by atoms with E-state index in [9.17, 15) is 10.1 Å². The number of H-pyrrole nitrogens is 1. The number of nitrogens with one attached hydrogen (secondary N) is 2. The van der Waals surface area contributed by atoms with Crippen LogP contribution >= 0.6 is 0 Å². The highest BCUT2D eigenvalue weighted by Gasteiger charge is 2.12. The number of aromatic nitrogens is 2. The van der Waals surface area contributed by atoms with Crippen molar-refractivity contribution in [1.29, 1.82) is 0 Å². The van der Waals surface area contributed by atoms with Crippen molar-refractivity contribution in [3.8, 4) is 0 Å². The van der Waals surface area contributed by atoms with Crippen LogP contribution in [0, 0.1) is 17.0 Å². The molecule has 0 saturated heterocycles. The van der Waals surface area contributed by atoms with E-state index in [0.717, 1.165) is 22.4 Å². The predicted molar refractivity (Wildman–Crippen MR) is 81.3 cm³/mol. The van der Waals surface area contributed by atoms with Crippen molar-refractivity contribution in [2.45, 2.75) is 13.5 Å². The monoisotopic (exact) mass is 282 g/mol. The molecule has 0 aliphatic rings. The molecule has 0 atom stereocenters. The number of nitro groups is 1. The number of aryl methyl sites for hydroxylation is 1. The summed E-state index contributed by atoms with van der Waals surface area (Å²) < 4.78 is 0. The van der Waals surface area contributed by atoms with E-state index in [-0.39, 0.29) is 5.69 Å². The zero-order chi connectivity index (χ0) is 14.8. The third kappa shape index (κ3) is 2.55. The number of para-hydroxylation sites is 3. The van der Waals surface area contributed by atoms with Gasteiger partial charge in [-0.05, 0) is 24.6 Å². The minimum Gasteiger partial charge on any atom is -0.372 e. The smallest absolute Gasteiger partial charge is 0.292 e. The van der Waals surface area contributed by atoms with Gasteiger partial charge in [-0.25, -0.2) is 4.98 Å². The Kier molecular flexibility index (Phi) is 3.27. The Labute approximate surface area is 121 Å². The summed E-state index contributed by atoms with van der Waals surface area (Å²) >= 11 is 0. The summed E-state index contributed by atoms with van der Waals surface area (Å²) in [6.07, 6.45) is 0. The van der Waals surface area contributed by atoms with Gasteiger partial charge in [0.1, 0.15) is 11.5 Å². The molecule has 1 heterocycles. The van der Waals surface area contributed by atoms with Crippen LogP contribution < -0.4 is 5.32 Å². The van der Waals surface area contributed by atoms with Crippen LogP contribution in [0.5, 0.6) is 0 Å². The fourth-order valence-electron chi connectivity index (χ4n) is 2.27. The fraction of sp³-hybridized carbons (Fsp3) is 0.133. The van der Waals surface area contributed by atoms with Crippen LogP contribution in [0.1, 0.15) is 11.4 Å². The number of imidazole rings is 1. The number of aromatic amines is 1. The van der Waals surface area contributed by atoms with E-state index < -0.39 is 4.92 Å². The summed E-state index contributed by atoms with van der Waals surface area (Å²) in [5, 5.41) is 14.0. The Morgan fingerprint density at radius 2 is 2.05 bits per heavy atom. The Balaban J connectivity index is 1.84. The second kappa shape index (κ2) is 5.24. The first kappa shape index (κ1) is 13.1. The highest BCUT2D eigenvalue weighted by Crippen LogP contribution is 2.24. The number of rotatable bonds is 4. The van der Waals surface area contributed by atoms with E-state index in [4.69, 9.17) is 0 Å². The zero-order valence-electron chi connectivity index (χ0n) is 11.5. The van der Waals surface area contributed by atoms with Gasteiger partial charge >= 0.3 is 0 Å². The van der Waals surface area contributed by atoms with Crippen LogP contribution in [0.2, 0.25) is 0 Å². The molecule has 1 aromatic heterocycles. The maximum atomic E-state index is 11.0. The summed E-state index contributed by atoms with van der Waals surface area (Å²) in [4.78, 5) is 18.3. The summed E-state index contributed by atoms with van der Waals surface area (Å²) in [5.74, 6) is 0.748. The zero-order valence-corrected chi connectivity index (χ0v) is 11.5. The predicted octanol–water partition coefficient (Wildman–Crippen LogP) is 3.39. The highest BCUT2D eigenvalue weighted by atomic mass is 16.6. The van der Waals surface area contributed by atoms with E-state index in [0.29, 0.717) is 12.2 Å². The number of nitro benzene ring substituents is 1. The third-order valence-electron chi connectivity index (χ3n) is 3.31. The summed E-state index contributed by atoms with van der Waals surface area (Å²) in [5.41, 5.74) is 3.54. The minimum atomic E-state index is -0.398. The van der Waals surface area contributed by atoms with Crippen molar-refractivity contribution in [3.05, 3.63) is 64.0 Å². The molecule has 2 N–H and O–H groups in total.